The van der Waals surface area contributed by atoms with Gasteiger partial charge >= 0.3 is 0 Å². The van der Waals surface area contributed by atoms with E-state index in [0.29, 0.717) is 10.8 Å². The highest BCUT2D eigenvalue weighted by molar-refractivity contribution is 4.93. The number of hydrogen-bond acceptors (Lipinski definition) is 2. The molecule has 1 heterocycles. The first-order valence-corrected chi connectivity index (χ1v) is 8.67. The normalized spacial score (nSPS) is 36.0. The average Bonchev–Trinajstić information content (AvgIpc) is 2.37. The topological polar surface area (TPSA) is 29.3 Å². The highest BCUT2D eigenvalue weighted by Crippen LogP contribution is 2.43. The van der Waals surface area contributed by atoms with E-state index in [1.54, 1.807) is 0 Å². The molecule has 1 aliphatic heterocycles. The summed E-state index contributed by atoms with van der Waals surface area (Å²) in [6.07, 6.45) is 6.78. The lowest BCUT2D eigenvalue weighted by atomic mass is 9.67. The van der Waals surface area contributed by atoms with Crippen molar-refractivity contribution in [3.63, 3.8) is 0 Å². The van der Waals surface area contributed by atoms with Gasteiger partial charge in [-0.25, -0.2) is 0 Å². The van der Waals surface area contributed by atoms with Crippen molar-refractivity contribution in [1.82, 2.24) is 4.90 Å². The quantitative estimate of drug-likeness (QED) is 0.831. The van der Waals surface area contributed by atoms with E-state index in [9.17, 15) is 0 Å². The van der Waals surface area contributed by atoms with Gasteiger partial charge in [0.05, 0.1) is 0 Å². The SMILES string of the molecule is CC1(C)CCN(C2CC(C(C)(C)C)CCC2CN)CC1. The minimum absolute atomic E-state index is 0.451. The third-order valence-electron chi connectivity index (χ3n) is 6.10. The van der Waals surface area contributed by atoms with Crippen molar-refractivity contribution < 1.29 is 0 Å². The Morgan fingerprint density at radius 1 is 1.10 bits per heavy atom. The van der Waals surface area contributed by atoms with Gasteiger partial charge in [0.15, 0.2) is 0 Å². The van der Waals surface area contributed by atoms with Crippen molar-refractivity contribution in [3.05, 3.63) is 0 Å². The average molecular weight is 280 g/mol. The number of likely N-dealkylation sites (tertiary alicyclic amines) is 1. The first-order valence-electron chi connectivity index (χ1n) is 8.67. The van der Waals surface area contributed by atoms with Crippen molar-refractivity contribution in [2.45, 2.75) is 72.8 Å². The van der Waals surface area contributed by atoms with E-state index in [1.807, 2.05) is 0 Å². The Hall–Kier alpha value is -0.0800. The van der Waals surface area contributed by atoms with Crippen LogP contribution in [0.2, 0.25) is 0 Å². The van der Waals surface area contributed by atoms with Crippen LogP contribution in [-0.4, -0.2) is 30.6 Å². The molecule has 2 fully saturated rings. The van der Waals surface area contributed by atoms with Crippen LogP contribution in [0.15, 0.2) is 0 Å². The van der Waals surface area contributed by atoms with Gasteiger partial charge in [-0.1, -0.05) is 34.6 Å². The van der Waals surface area contributed by atoms with Crippen LogP contribution in [-0.2, 0) is 0 Å². The van der Waals surface area contributed by atoms with Crippen LogP contribution >= 0.6 is 0 Å². The summed E-state index contributed by atoms with van der Waals surface area (Å²) >= 11 is 0. The standard InChI is InChI=1S/C18H36N2/c1-17(2,3)15-7-6-14(13-19)16(12-15)20-10-8-18(4,5)9-11-20/h14-16H,6-13,19H2,1-5H3. The molecule has 0 aromatic carbocycles. The molecule has 3 atom stereocenters. The number of piperidine rings is 1. The fourth-order valence-corrected chi connectivity index (χ4v) is 4.18. The summed E-state index contributed by atoms with van der Waals surface area (Å²) in [5.41, 5.74) is 7.08. The molecule has 1 saturated carbocycles. The molecule has 2 N–H and O–H groups in total. The molecule has 118 valence electrons. The predicted molar refractivity (Wildman–Crippen MR) is 87.7 cm³/mol. The van der Waals surface area contributed by atoms with Crippen LogP contribution in [0.25, 0.3) is 0 Å². The molecular formula is C18H36N2. The molecular weight excluding hydrogens is 244 g/mol. The highest BCUT2D eigenvalue weighted by Gasteiger charge is 2.39. The maximum absolute atomic E-state index is 6.08. The molecule has 0 radical (unpaired) electrons. The number of nitrogens with two attached hydrogens (primary N) is 1. The molecule has 0 aromatic heterocycles. The first kappa shape index (κ1) is 16.3. The lowest BCUT2D eigenvalue weighted by Crippen LogP contribution is -2.51. The van der Waals surface area contributed by atoms with E-state index in [4.69, 9.17) is 5.73 Å². The Morgan fingerprint density at radius 2 is 1.70 bits per heavy atom. The second-order valence-corrected chi connectivity index (χ2v) is 9.14. The summed E-state index contributed by atoms with van der Waals surface area (Å²) in [5, 5.41) is 0. The Labute approximate surface area is 126 Å². The number of nitrogens with zero attached hydrogens (tertiary/aromatic N) is 1. The van der Waals surface area contributed by atoms with Gasteiger partial charge in [0.25, 0.3) is 0 Å². The largest absolute Gasteiger partial charge is 0.330 e. The van der Waals surface area contributed by atoms with Crippen LogP contribution in [0, 0.1) is 22.7 Å². The molecule has 1 saturated heterocycles. The van der Waals surface area contributed by atoms with Crippen LogP contribution in [0.4, 0.5) is 0 Å². The molecule has 1 aliphatic carbocycles. The van der Waals surface area contributed by atoms with E-state index in [1.165, 1.54) is 45.2 Å². The van der Waals surface area contributed by atoms with E-state index < -0.39 is 0 Å². The molecule has 0 amide bonds. The Bertz CT molecular complexity index is 306. The first-order chi connectivity index (χ1) is 9.23. The Balaban J connectivity index is 2.02. The maximum Gasteiger partial charge on any atom is 0.0138 e. The van der Waals surface area contributed by atoms with Crippen molar-refractivity contribution in [2.24, 2.45) is 28.4 Å². The second-order valence-electron chi connectivity index (χ2n) is 9.14. The maximum atomic E-state index is 6.08. The van der Waals surface area contributed by atoms with Gasteiger partial charge in [-0.05, 0) is 74.4 Å². The van der Waals surface area contributed by atoms with Gasteiger partial charge in [-0.2, -0.15) is 0 Å². The molecule has 2 rings (SSSR count). The van der Waals surface area contributed by atoms with Crippen LogP contribution in [0.5, 0.6) is 0 Å². The van der Waals surface area contributed by atoms with Crippen molar-refractivity contribution in [1.29, 1.82) is 0 Å². The van der Waals surface area contributed by atoms with Gasteiger partial charge in [0.1, 0.15) is 0 Å². The lowest BCUT2D eigenvalue weighted by Gasteiger charge is -2.49. The molecule has 3 unspecified atom stereocenters. The van der Waals surface area contributed by atoms with Crippen LogP contribution < -0.4 is 5.73 Å². The molecule has 0 bridgehead atoms. The summed E-state index contributed by atoms with van der Waals surface area (Å²) in [4.78, 5) is 2.78. The highest BCUT2D eigenvalue weighted by atomic mass is 15.2. The molecule has 2 aliphatic rings. The fourth-order valence-electron chi connectivity index (χ4n) is 4.18. The molecule has 20 heavy (non-hydrogen) atoms. The van der Waals surface area contributed by atoms with Gasteiger partial charge < -0.3 is 10.6 Å². The van der Waals surface area contributed by atoms with E-state index >= 15 is 0 Å². The van der Waals surface area contributed by atoms with Gasteiger partial charge in [0, 0.05) is 6.04 Å². The third kappa shape index (κ3) is 3.76. The van der Waals surface area contributed by atoms with Crippen molar-refractivity contribution in [2.75, 3.05) is 19.6 Å². The van der Waals surface area contributed by atoms with E-state index in [2.05, 4.69) is 39.5 Å². The minimum Gasteiger partial charge on any atom is -0.330 e. The Kier molecular flexibility index (Phi) is 4.86. The number of rotatable bonds is 2. The predicted octanol–water partition coefficient (Wildman–Crippen LogP) is 3.90. The third-order valence-corrected chi connectivity index (χ3v) is 6.10. The summed E-state index contributed by atoms with van der Waals surface area (Å²) < 4.78 is 0. The summed E-state index contributed by atoms with van der Waals surface area (Å²) in [7, 11) is 0. The zero-order valence-electron chi connectivity index (χ0n) is 14.4. The Morgan fingerprint density at radius 3 is 2.20 bits per heavy atom. The summed E-state index contributed by atoms with van der Waals surface area (Å²) in [5.74, 6) is 1.60. The van der Waals surface area contributed by atoms with Gasteiger partial charge in [0.2, 0.25) is 0 Å². The molecule has 2 nitrogen and oxygen atoms in total. The number of hydrogen-bond donors (Lipinski definition) is 1. The van der Waals surface area contributed by atoms with Gasteiger partial charge in [-0.3, -0.25) is 0 Å². The lowest BCUT2D eigenvalue weighted by molar-refractivity contribution is 0.0132. The molecule has 0 spiro atoms. The van der Waals surface area contributed by atoms with Crippen LogP contribution in [0.3, 0.4) is 0 Å². The molecule has 2 heteroatoms. The summed E-state index contributed by atoms with van der Waals surface area (Å²) in [6, 6.07) is 0.745. The molecule has 0 aromatic rings. The smallest absolute Gasteiger partial charge is 0.0138 e. The van der Waals surface area contributed by atoms with Gasteiger partial charge in [-0.15, -0.1) is 0 Å². The zero-order chi connectivity index (χ0) is 15.0. The monoisotopic (exact) mass is 280 g/mol. The minimum atomic E-state index is 0.451. The fraction of sp³-hybridized carbons (Fsp3) is 1.00. The zero-order valence-corrected chi connectivity index (χ0v) is 14.4. The van der Waals surface area contributed by atoms with Crippen molar-refractivity contribution in [3.8, 4) is 0 Å². The van der Waals surface area contributed by atoms with E-state index in [-0.39, 0.29) is 0 Å². The summed E-state index contributed by atoms with van der Waals surface area (Å²) in [6.45, 7) is 15.5. The van der Waals surface area contributed by atoms with Crippen LogP contribution in [0.1, 0.15) is 66.7 Å². The second kappa shape index (κ2) is 5.96. The van der Waals surface area contributed by atoms with Crippen molar-refractivity contribution >= 4 is 0 Å². The van der Waals surface area contributed by atoms with E-state index in [0.717, 1.165) is 24.4 Å².